The molecule has 2 fully saturated rings. The SMILES string of the molecule is CC(C)=CCc1cc(C(N)=O)cc(CC=C(C)C)c1O[C@@H]1O[C@H](CO)[C@@H](O)[C@H](O)[C@H]1O[C@@H]1O[C@H](CO)[C@@H](O)[C@H](O)[C@H]1O. The lowest BCUT2D eigenvalue weighted by atomic mass is 9.96. The van der Waals surface area contributed by atoms with Gasteiger partial charge >= 0.3 is 0 Å². The van der Waals surface area contributed by atoms with E-state index in [0.29, 0.717) is 24.0 Å². The van der Waals surface area contributed by atoms with E-state index in [9.17, 15) is 40.5 Å². The first kappa shape index (κ1) is 34.1. The normalized spacial score (nSPS) is 33.1. The van der Waals surface area contributed by atoms with Gasteiger partial charge in [0, 0.05) is 5.56 Å². The van der Waals surface area contributed by atoms with Gasteiger partial charge in [-0.25, -0.2) is 0 Å². The van der Waals surface area contributed by atoms with Crippen LogP contribution < -0.4 is 10.5 Å². The van der Waals surface area contributed by atoms with Crippen LogP contribution in [-0.2, 0) is 27.1 Å². The molecule has 0 radical (unpaired) electrons. The zero-order valence-corrected chi connectivity index (χ0v) is 24.2. The Bertz CT molecular complexity index is 1090. The van der Waals surface area contributed by atoms with Crippen molar-refractivity contribution in [1.29, 1.82) is 0 Å². The molecule has 13 nitrogen and oxygen atoms in total. The van der Waals surface area contributed by atoms with Gasteiger partial charge in [-0.2, -0.15) is 0 Å². The van der Waals surface area contributed by atoms with Gasteiger partial charge in [0.05, 0.1) is 13.2 Å². The number of aliphatic hydroxyl groups is 7. The van der Waals surface area contributed by atoms with E-state index in [0.717, 1.165) is 11.1 Å². The highest BCUT2D eigenvalue weighted by molar-refractivity contribution is 5.93. The maximum Gasteiger partial charge on any atom is 0.248 e. The minimum Gasteiger partial charge on any atom is -0.461 e. The number of hydrogen-bond acceptors (Lipinski definition) is 12. The Morgan fingerprint density at radius 2 is 1.26 bits per heavy atom. The van der Waals surface area contributed by atoms with Crippen LogP contribution in [-0.4, -0.2) is 116 Å². The molecule has 2 aliphatic rings. The molecule has 1 aromatic rings. The first-order chi connectivity index (χ1) is 19.8. The minimum absolute atomic E-state index is 0.249. The Morgan fingerprint density at radius 3 is 1.71 bits per heavy atom. The topological polar surface area (TPSA) is 222 Å². The van der Waals surface area contributed by atoms with Gasteiger partial charge in [-0.1, -0.05) is 23.3 Å². The van der Waals surface area contributed by atoms with Gasteiger partial charge in [0.2, 0.25) is 12.2 Å². The highest BCUT2D eigenvalue weighted by Gasteiger charge is 2.51. The lowest BCUT2D eigenvalue weighted by Crippen LogP contribution is -2.65. The molecule has 0 unspecified atom stereocenters. The highest BCUT2D eigenvalue weighted by atomic mass is 16.8. The van der Waals surface area contributed by atoms with Crippen LogP contribution in [0.3, 0.4) is 0 Å². The second-order valence-corrected chi connectivity index (χ2v) is 11.1. The molecule has 1 amide bonds. The lowest BCUT2D eigenvalue weighted by molar-refractivity contribution is -0.358. The van der Waals surface area contributed by atoms with E-state index in [1.54, 1.807) is 12.1 Å². The largest absolute Gasteiger partial charge is 0.461 e. The summed E-state index contributed by atoms with van der Waals surface area (Å²) in [4.78, 5) is 12.2. The Labute approximate surface area is 244 Å². The van der Waals surface area contributed by atoms with Crippen LogP contribution >= 0.6 is 0 Å². The fourth-order valence-corrected chi connectivity index (χ4v) is 4.73. The minimum atomic E-state index is -1.81. The van der Waals surface area contributed by atoms with E-state index in [2.05, 4.69) is 0 Å². The van der Waals surface area contributed by atoms with Crippen molar-refractivity contribution in [2.75, 3.05) is 13.2 Å². The van der Waals surface area contributed by atoms with Crippen molar-refractivity contribution >= 4 is 5.91 Å². The van der Waals surface area contributed by atoms with Gasteiger partial charge in [0.15, 0.2) is 12.4 Å². The average molecular weight is 598 g/mol. The van der Waals surface area contributed by atoms with E-state index in [1.165, 1.54) is 0 Å². The van der Waals surface area contributed by atoms with Crippen LogP contribution in [0.25, 0.3) is 0 Å². The molecular formula is C29H43NO12. The molecule has 2 heterocycles. The molecule has 42 heavy (non-hydrogen) atoms. The first-order valence-corrected chi connectivity index (χ1v) is 13.8. The Hall–Kier alpha value is -2.43. The molecule has 2 aliphatic heterocycles. The van der Waals surface area contributed by atoms with Crippen molar-refractivity contribution in [3.8, 4) is 5.75 Å². The Kier molecular flexibility index (Phi) is 12.0. The van der Waals surface area contributed by atoms with E-state index in [1.807, 2.05) is 39.8 Å². The van der Waals surface area contributed by atoms with Crippen LogP contribution in [0.5, 0.6) is 5.75 Å². The number of benzene rings is 1. The molecule has 236 valence electrons. The van der Waals surface area contributed by atoms with Gasteiger partial charge in [0.1, 0.15) is 48.5 Å². The summed E-state index contributed by atoms with van der Waals surface area (Å²) in [5, 5.41) is 71.9. The van der Waals surface area contributed by atoms with E-state index in [-0.39, 0.29) is 11.3 Å². The maximum absolute atomic E-state index is 12.2. The van der Waals surface area contributed by atoms with Crippen molar-refractivity contribution < 1.29 is 59.5 Å². The van der Waals surface area contributed by atoms with E-state index >= 15 is 0 Å². The molecule has 2 saturated heterocycles. The Morgan fingerprint density at radius 1 is 0.786 bits per heavy atom. The summed E-state index contributed by atoms with van der Waals surface area (Å²) in [6.45, 7) is 6.22. The number of allylic oxidation sites excluding steroid dienone is 4. The van der Waals surface area contributed by atoms with Crippen LogP contribution in [0, 0.1) is 0 Å². The number of amides is 1. The second-order valence-electron chi connectivity index (χ2n) is 11.1. The predicted octanol–water partition coefficient (Wildman–Crippen LogP) is -1.19. The summed E-state index contributed by atoms with van der Waals surface area (Å²) in [7, 11) is 0. The number of rotatable bonds is 11. The number of ether oxygens (including phenoxy) is 4. The van der Waals surface area contributed by atoms with Crippen LogP contribution in [0.4, 0.5) is 0 Å². The van der Waals surface area contributed by atoms with Crippen molar-refractivity contribution in [2.24, 2.45) is 5.73 Å². The number of carbonyl (C=O) groups excluding carboxylic acids is 1. The summed E-state index contributed by atoms with van der Waals surface area (Å²) < 4.78 is 23.4. The third-order valence-corrected chi connectivity index (χ3v) is 7.19. The standard InChI is InChI=1S/C29H43NO12/c1-13(2)5-7-15-9-17(27(30)38)10-16(8-6-14(3)4)25(15)41-29-26(23(36)21(34)19(12-32)40-29)42-28-24(37)22(35)20(33)18(11-31)39-28/h5-6,9-10,18-24,26,28-29,31-37H,7-8,11-12H2,1-4H3,(H2,30,38)/t18-,19-,20-,21-,22+,23+,24-,26-,28+,29+/m1/s1. The highest BCUT2D eigenvalue weighted by Crippen LogP contribution is 2.35. The Balaban J connectivity index is 2.08. The lowest BCUT2D eigenvalue weighted by Gasteiger charge is -2.46. The molecule has 10 atom stereocenters. The van der Waals surface area contributed by atoms with Crippen LogP contribution in [0.1, 0.15) is 49.2 Å². The maximum atomic E-state index is 12.2. The van der Waals surface area contributed by atoms with Gasteiger partial charge < -0.3 is 60.4 Å². The number of primary amides is 1. The fourth-order valence-electron chi connectivity index (χ4n) is 4.73. The summed E-state index contributed by atoms with van der Waals surface area (Å²) in [6.07, 6.45) is -11.4. The summed E-state index contributed by atoms with van der Waals surface area (Å²) >= 11 is 0. The molecular weight excluding hydrogens is 554 g/mol. The predicted molar refractivity (Wildman–Crippen MR) is 148 cm³/mol. The molecule has 9 N–H and O–H groups in total. The number of hydrogen-bond donors (Lipinski definition) is 8. The van der Waals surface area contributed by atoms with Gasteiger partial charge in [-0.15, -0.1) is 0 Å². The number of aliphatic hydroxyl groups excluding tert-OH is 7. The van der Waals surface area contributed by atoms with Crippen LogP contribution in [0.15, 0.2) is 35.4 Å². The van der Waals surface area contributed by atoms with Gasteiger partial charge in [-0.3, -0.25) is 4.79 Å². The number of carbonyl (C=O) groups is 1. The smallest absolute Gasteiger partial charge is 0.248 e. The monoisotopic (exact) mass is 597 g/mol. The summed E-state index contributed by atoms with van der Waals surface area (Å²) in [6, 6.07) is 3.16. The summed E-state index contributed by atoms with van der Waals surface area (Å²) in [5.74, 6) is -0.363. The molecule has 0 saturated carbocycles. The molecule has 3 rings (SSSR count). The molecule has 0 spiro atoms. The molecule has 1 aromatic carbocycles. The molecule has 0 aliphatic carbocycles. The molecule has 0 aromatic heterocycles. The van der Waals surface area contributed by atoms with Crippen molar-refractivity contribution in [3.05, 3.63) is 52.1 Å². The molecule has 13 heteroatoms. The number of nitrogens with two attached hydrogens (primary N) is 1. The van der Waals surface area contributed by atoms with Gasteiger partial charge in [0.25, 0.3) is 0 Å². The van der Waals surface area contributed by atoms with E-state index < -0.39 is 80.5 Å². The van der Waals surface area contributed by atoms with Gasteiger partial charge in [-0.05, 0) is 63.8 Å². The average Bonchev–Trinajstić information content (AvgIpc) is 2.94. The van der Waals surface area contributed by atoms with Crippen molar-refractivity contribution in [1.82, 2.24) is 0 Å². The zero-order chi connectivity index (χ0) is 31.3. The third-order valence-electron chi connectivity index (χ3n) is 7.19. The molecule has 0 bridgehead atoms. The summed E-state index contributed by atoms with van der Waals surface area (Å²) in [5.41, 5.74) is 8.96. The second kappa shape index (κ2) is 14.8. The quantitative estimate of drug-likeness (QED) is 0.141. The zero-order valence-electron chi connectivity index (χ0n) is 24.2. The van der Waals surface area contributed by atoms with Crippen molar-refractivity contribution in [2.45, 2.75) is 102 Å². The third kappa shape index (κ3) is 7.94. The fraction of sp³-hybridized carbons (Fsp3) is 0.621. The van der Waals surface area contributed by atoms with E-state index in [4.69, 9.17) is 24.7 Å². The van der Waals surface area contributed by atoms with Crippen molar-refractivity contribution in [3.63, 3.8) is 0 Å². The van der Waals surface area contributed by atoms with Crippen LogP contribution in [0.2, 0.25) is 0 Å². The first-order valence-electron chi connectivity index (χ1n) is 13.8.